The summed E-state index contributed by atoms with van der Waals surface area (Å²) in [5, 5.41) is 0. The Hall–Kier alpha value is -2.04. The van der Waals surface area contributed by atoms with Crippen molar-refractivity contribution in [3.8, 4) is 0 Å². The third-order valence-electron chi connectivity index (χ3n) is 3.08. The first kappa shape index (κ1) is 13.4. The van der Waals surface area contributed by atoms with Gasteiger partial charge in [0.2, 0.25) is 5.78 Å². The van der Waals surface area contributed by atoms with Crippen molar-refractivity contribution >= 4 is 5.78 Å². The topological polar surface area (TPSA) is 22.0 Å². The van der Waals surface area contributed by atoms with E-state index >= 15 is 0 Å². The highest BCUT2D eigenvalue weighted by molar-refractivity contribution is 6.08. The average molecular weight is 267 g/mol. The number of rotatable bonds is 2. The van der Waals surface area contributed by atoms with Crippen molar-refractivity contribution in [1.29, 1.82) is 0 Å². The van der Waals surface area contributed by atoms with Crippen molar-refractivity contribution in [1.82, 2.24) is 4.57 Å². The third kappa shape index (κ3) is 2.54. The van der Waals surface area contributed by atoms with Gasteiger partial charge in [0.05, 0.1) is 11.3 Å². The van der Waals surface area contributed by atoms with Crippen molar-refractivity contribution in [2.45, 2.75) is 13.1 Å². The van der Waals surface area contributed by atoms with Crippen molar-refractivity contribution in [3.05, 3.63) is 58.9 Å². The van der Waals surface area contributed by atoms with Gasteiger partial charge in [0, 0.05) is 18.3 Å². The molecule has 0 aliphatic rings. The number of nitrogens with zero attached hydrogens (tertiary/aromatic N) is 1. The lowest BCUT2D eigenvalue weighted by atomic mass is 10.1. The lowest BCUT2D eigenvalue weighted by Gasteiger charge is -2.08. The summed E-state index contributed by atoms with van der Waals surface area (Å²) < 4.78 is 39.0. The van der Waals surface area contributed by atoms with Crippen LogP contribution in [0.5, 0.6) is 0 Å². The molecule has 0 amide bonds. The van der Waals surface area contributed by atoms with Gasteiger partial charge in [-0.25, -0.2) is 0 Å². The SMILES string of the molecule is Cc1ccc(C(=O)c2ccc(C(F)(F)F)cc2)n1C. The summed E-state index contributed by atoms with van der Waals surface area (Å²) in [7, 11) is 1.74. The summed E-state index contributed by atoms with van der Waals surface area (Å²) in [4.78, 5) is 12.1. The van der Waals surface area contributed by atoms with Gasteiger partial charge in [-0.15, -0.1) is 0 Å². The zero-order chi connectivity index (χ0) is 14.2. The van der Waals surface area contributed by atoms with Gasteiger partial charge < -0.3 is 4.57 Å². The van der Waals surface area contributed by atoms with E-state index in [1.165, 1.54) is 12.1 Å². The number of ketones is 1. The molecule has 2 rings (SSSR count). The number of hydrogen-bond donors (Lipinski definition) is 0. The molecule has 0 radical (unpaired) electrons. The molecule has 0 aliphatic carbocycles. The van der Waals surface area contributed by atoms with E-state index in [1.54, 1.807) is 23.7 Å². The summed E-state index contributed by atoms with van der Waals surface area (Å²) in [5.74, 6) is -0.288. The van der Waals surface area contributed by atoms with Crippen LogP contribution < -0.4 is 0 Å². The predicted molar refractivity (Wildman–Crippen MR) is 65.0 cm³/mol. The Labute approximate surface area is 108 Å². The largest absolute Gasteiger partial charge is 0.416 e. The number of aromatic nitrogens is 1. The Morgan fingerprint density at radius 3 is 2.05 bits per heavy atom. The first-order valence-electron chi connectivity index (χ1n) is 5.65. The lowest BCUT2D eigenvalue weighted by molar-refractivity contribution is -0.137. The van der Waals surface area contributed by atoms with Crippen LogP contribution >= 0.6 is 0 Å². The predicted octanol–water partition coefficient (Wildman–Crippen LogP) is 3.58. The molecule has 100 valence electrons. The third-order valence-corrected chi connectivity index (χ3v) is 3.08. The smallest absolute Gasteiger partial charge is 0.345 e. The minimum absolute atomic E-state index is 0.245. The summed E-state index contributed by atoms with van der Waals surface area (Å²) in [6.45, 7) is 1.85. The fraction of sp³-hybridized carbons (Fsp3) is 0.214. The molecule has 0 saturated carbocycles. The van der Waals surface area contributed by atoms with Crippen LogP contribution in [0.3, 0.4) is 0 Å². The number of alkyl halides is 3. The number of benzene rings is 1. The molecule has 1 aromatic carbocycles. The van der Waals surface area contributed by atoms with Gasteiger partial charge in [0.15, 0.2) is 0 Å². The van der Waals surface area contributed by atoms with Crippen LogP contribution in [-0.4, -0.2) is 10.4 Å². The lowest BCUT2D eigenvalue weighted by Crippen LogP contribution is -2.09. The second-order valence-electron chi connectivity index (χ2n) is 4.32. The maximum absolute atomic E-state index is 12.4. The van der Waals surface area contributed by atoms with E-state index in [4.69, 9.17) is 0 Å². The Kier molecular flexibility index (Phi) is 3.22. The summed E-state index contributed by atoms with van der Waals surface area (Å²) in [5.41, 5.74) is 0.855. The Morgan fingerprint density at radius 2 is 1.63 bits per heavy atom. The molecule has 0 spiro atoms. The molecule has 1 heterocycles. The standard InChI is InChI=1S/C14H12F3NO/c1-9-3-8-12(18(9)2)13(19)10-4-6-11(7-5-10)14(15,16)17/h3-8H,1-2H3. The van der Waals surface area contributed by atoms with Gasteiger partial charge in [-0.1, -0.05) is 12.1 Å². The quantitative estimate of drug-likeness (QED) is 0.762. The van der Waals surface area contributed by atoms with Crippen LogP contribution in [0.25, 0.3) is 0 Å². The van der Waals surface area contributed by atoms with Crippen LogP contribution in [0.15, 0.2) is 36.4 Å². The Morgan fingerprint density at radius 1 is 1.05 bits per heavy atom. The number of hydrogen-bond acceptors (Lipinski definition) is 1. The molecule has 2 aromatic rings. The van der Waals surface area contributed by atoms with E-state index in [-0.39, 0.29) is 11.3 Å². The van der Waals surface area contributed by atoms with E-state index in [0.29, 0.717) is 5.69 Å². The van der Waals surface area contributed by atoms with Gasteiger partial charge in [0.1, 0.15) is 0 Å². The zero-order valence-electron chi connectivity index (χ0n) is 10.5. The second-order valence-corrected chi connectivity index (χ2v) is 4.32. The number of carbonyl (C=O) groups excluding carboxylic acids is 1. The first-order valence-corrected chi connectivity index (χ1v) is 5.65. The van der Waals surface area contributed by atoms with Gasteiger partial charge in [-0.3, -0.25) is 4.79 Å². The molecule has 0 bridgehead atoms. The first-order chi connectivity index (χ1) is 8.80. The summed E-state index contributed by atoms with van der Waals surface area (Å²) in [6.07, 6.45) is -4.39. The Balaban J connectivity index is 2.33. The molecule has 0 N–H and O–H groups in total. The molecule has 5 heteroatoms. The summed E-state index contributed by atoms with van der Waals surface area (Å²) in [6, 6.07) is 7.69. The van der Waals surface area contributed by atoms with Crippen molar-refractivity contribution in [2.24, 2.45) is 7.05 Å². The highest BCUT2D eigenvalue weighted by Gasteiger charge is 2.30. The van der Waals surface area contributed by atoms with Crippen molar-refractivity contribution in [3.63, 3.8) is 0 Å². The monoisotopic (exact) mass is 267 g/mol. The molecule has 19 heavy (non-hydrogen) atoms. The molecule has 0 aliphatic heterocycles. The molecule has 1 aromatic heterocycles. The highest BCUT2D eigenvalue weighted by atomic mass is 19.4. The van der Waals surface area contributed by atoms with E-state index in [0.717, 1.165) is 17.8 Å². The van der Waals surface area contributed by atoms with Gasteiger partial charge in [0.25, 0.3) is 0 Å². The van der Waals surface area contributed by atoms with Crippen molar-refractivity contribution in [2.75, 3.05) is 0 Å². The van der Waals surface area contributed by atoms with Crippen molar-refractivity contribution < 1.29 is 18.0 Å². The number of halogens is 3. The molecule has 0 saturated heterocycles. The Bertz CT molecular complexity index is 609. The van der Waals surface area contributed by atoms with Crippen LogP contribution in [0.2, 0.25) is 0 Å². The maximum atomic E-state index is 12.4. The number of aryl methyl sites for hydroxylation is 1. The van der Waals surface area contributed by atoms with Gasteiger partial charge >= 0.3 is 6.18 Å². The van der Waals surface area contributed by atoms with Crippen LogP contribution in [-0.2, 0) is 13.2 Å². The average Bonchev–Trinajstić information content (AvgIpc) is 2.68. The minimum atomic E-state index is -4.39. The molecule has 0 fully saturated rings. The fourth-order valence-corrected chi connectivity index (χ4v) is 1.80. The van der Waals surface area contributed by atoms with Gasteiger partial charge in [-0.2, -0.15) is 13.2 Å². The normalized spacial score (nSPS) is 11.6. The van der Waals surface area contributed by atoms with E-state index < -0.39 is 11.7 Å². The zero-order valence-corrected chi connectivity index (χ0v) is 10.5. The minimum Gasteiger partial charge on any atom is -0.345 e. The molecular formula is C14H12F3NO. The van der Waals surface area contributed by atoms with E-state index in [2.05, 4.69) is 0 Å². The summed E-state index contributed by atoms with van der Waals surface area (Å²) >= 11 is 0. The maximum Gasteiger partial charge on any atom is 0.416 e. The molecular weight excluding hydrogens is 255 g/mol. The van der Waals surface area contributed by atoms with Crippen LogP contribution in [0.4, 0.5) is 13.2 Å². The number of carbonyl (C=O) groups is 1. The second kappa shape index (κ2) is 4.57. The van der Waals surface area contributed by atoms with Crippen LogP contribution in [0.1, 0.15) is 27.3 Å². The van der Waals surface area contributed by atoms with Gasteiger partial charge in [-0.05, 0) is 31.2 Å². The molecule has 0 unspecified atom stereocenters. The van der Waals surface area contributed by atoms with Crippen LogP contribution in [0, 0.1) is 6.92 Å². The van der Waals surface area contributed by atoms with E-state index in [1.807, 2.05) is 6.92 Å². The molecule has 2 nitrogen and oxygen atoms in total. The van der Waals surface area contributed by atoms with E-state index in [9.17, 15) is 18.0 Å². The fourth-order valence-electron chi connectivity index (χ4n) is 1.80. The molecule has 0 atom stereocenters. The highest BCUT2D eigenvalue weighted by Crippen LogP contribution is 2.29.